The number of rotatable bonds is 6. The highest BCUT2D eigenvalue weighted by molar-refractivity contribution is 7.89. The minimum atomic E-state index is -3.68. The molecule has 1 aliphatic rings. The Morgan fingerprint density at radius 1 is 1.43 bits per heavy atom. The highest BCUT2D eigenvalue weighted by atomic mass is 35.5. The van der Waals surface area contributed by atoms with Gasteiger partial charge in [0.2, 0.25) is 10.0 Å². The van der Waals surface area contributed by atoms with E-state index in [0.717, 1.165) is 12.8 Å². The Bertz CT molecular complexity index is 670. The van der Waals surface area contributed by atoms with Gasteiger partial charge in [-0.15, -0.1) is 0 Å². The molecule has 1 aliphatic heterocycles. The molecule has 2 N–H and O–H groups in total. The Kier molecular flexibility index (Phi) is 6.02. The first-order chi connectivity index (χ1) is 10.8. The van der Waals surface area contributed by atoms with Gasteiger partial charge >= 0.3 is 0 Å². The van der Waals surface area contributed by atoms with Gasteiger partial charge in [0.05, 0.1) is 21.6 Å². The molecule has 1 atom stereocenters. The van der Waals surface area contributed by atoms with Gasteiger partial charge in [0.25, 0.3) is 5.91 Å². The molecule has 1 amide bonds. The van der Waals surface area contributed by atoms with Gasteiger partial charge in [0.1, 0.15) is 0 Å². The number of ether oxygens (including phenoxy) is 1. The standard InChI is InChI=1S/C15H21ClN2O4S/c1-10(2)18-23(20,21)12-5-6-14(16)13(8-12)15(19)17-9-11-4-3-7-22-11/h5-6,8,10-11,18H,3-4,7,9H2,1-2H3,(H,17,19). The smallest absolute Gasteiger partial charge is 0.252 e. The lowest BCUT2D eigenvalue weighted by atomic mass is 10.2. The van der Waals surface area contributed by atoms with E-state index in [1.54, 1.807) is 13.8 Å². The van der Waals surface area contributed by atoms with Crippen molar-refractivity contribution in [3.05, 3.63) is 28.8 Å². The van der Waals surface area contributed by atoms with Crippen LogP contribution in [-0.4, -0.2) is 39.6 Å². The molecule has 1 aromatic carbocycles. The highest BCUT2D eigenvalue weighted by Crippen LogP contribution is 2.21. The molecule has 0 radical (unpaired) electrons. The lowest BCUT2D eigenvalue weighted by Gasteiger charge is -2.13. The molecular formula is C15H21ClN2O4S. The molecule has 23 heavy (non-hydrogen) atoms. The van der Waals surface area contributed by atoms with Gasteiger partial charge < -0.3 is 10.1 Å². The summed E-state index contributed by atoms with van der Waals surface area (Å²) in [7, 11) is -3.68. The predicted octanol–water partition coefficient (Wildman–Crippen LogP) is 1.94. The maximum absolute atomic E-state index is 12.3. The SMILES string of the molecule is CC(C)NS(=O)(=O)c1ccc(Cl)c(C(=O)NCC2CCCO2)c1. The zero-order valence-corrected chi connectivity index (χ0v) is 14.7. The third-order valence-electron chi connectivity index (χ3n) is 3.40. The van der Waals surface area contributed by atoms with Crippen molar-refractivity contribution in [2.45, 2.75) is 43.7 Å². The van der Waals surface area contributed by atoms with Crippen LogP contribution in [-0.2, 0) is 14.8 Å². The van der Waals surface area contributed by atoms with Crippen LogP contribution >= 0.6 is 11.6 Å². The van der Waals surface area contributed by atoms with Gasteiger partial charge in [-0.2, -0.15) is 0 Å². The fourth-order valence-electron chi connectivity index (χ4n) is 2.33. The molecule has 1 unspecified atom stereocenters. The number of carbonyl (C=O) groups excluding carboxylic acids is 1. The maximum atomic E-state index is 12.3. The van der Waals surface area contributed by atoms with Gasteiger partial charge in [-0.25, -0.2) is 13.1 Å². The normalized spacial score (nSPS) is 18.3. The van der Waals surface area contributed by atoms with Crippen LogP contribution < -0.4 is 10.0 Å². The number of benzene rings is 1. The summed E-state index contributed by atoms with van der Waals surface area (Å²) in [6.07, 6.45) is 1.89. The Balaban J connectivity index is 2.14. The third kappa shape index (κ3) is 4.91. The van der Waals surface area contributed by atoms with Crippen molar-refractivity contribution in [1.29, 1.82) is 0 Å². The van der Waals surface area contributed by atoms with E-state index in [1.807, 2.05) is 0 Å². The first-order valence-electron chi connectivity index (χ1n) is 7.51. The molecule has 1 saturated heterocycles. The summed E-state index contributed by atoms with van der Waals surface area (Å²) in [5.41, 5.74) is 0.135. The average molecular weight is 361 g/mol. The Morgan fingerprint density at radius 3 is 2.78 bits per heavy atom. The first kappa shape index (κ1) is 18.2. The van der Waals surface area contributed by atoms with Crippen LogP contribution in [0.3, 0.4) is 0 Å². The van der Waals surface area contributed by atoms with Crippen LogP contribution in [0.15, 0.2) is 23.1 Å². The number of sulfonamides is 1. The van der Waals surface area contributed by atoms with E-state index in [1.165, 1.54) is 18.2 Å². The van der Waals surface area contributed by atoms with Gasteiger partial charge in [-0.05, 0) is 44.9 Å². The van der Waals surface area contributed by atoms with Crippen molar-refractivity contribution >= 4 is 27.5 Å². The summed E-state index contributed by atoms with van der Waals surface area (Å²) in [5.74, 6) is -0.410. The van der Waals surface area contributed by atoms with Crippen LogP contribution in [0.4, 0.5) is 0 Å². The van der Waals surface area contributed by atoms with Gasteiger partial charge in [-0.1, -0.05) is 11.6 Å². The topological polar surface area (TPSA) is 84.5 Å². The molecule has 1 heterocycles. The molecule has 2 rings (SSSR count). The summed E-state index contributed by atoms with van der Waals surface area (Å²) in [6.45, 7) is 4.54. The zero-order chi connectivity index (χ0) is 17.0. The maximum Gasteiger partial charge on any atom is 0.252 e. The quantitative estimate of drug-likeness (QED) is 0.811. The number of hydrogen-bond donors (Lipinski definition) is 2. The summed E-state index contributed by atoms with van der Waals surface area (Å²) in [6, 6.07) is 3.84. The van der Waals surface area contributed by atoms with Crippen molar-refractivity contribution in [2.75, 3.05) is 13.2 Å². The second-order valence-electron chi connectivity index (χ2n) is 5.76. The Labute approximate surface area is 141 Å². The third-order valence-corrected chi connectivity index (χ3v) is 5.38. The number of carbonyl (C=O) groups is 1. The number of hydrogen-bond acceptors (Lipinski definition) is 4. The number of nitrogens with one attached hydrogen (secondary N) is 2. The first-order valence-corrected chi connectivity index (χ1v) is 9.37. The van der Waals surface area contributed by atoms with Crippen molar-refractivity contribution in [3.8, 4) is 0 Å². The van der Waals surface area contributed by atoms with E-state index >= 15 is 0 Å². The second-order valence-corrected chi connectivity index (χ2v) is 7.88. The van der Waals surface area contributed by atoms with Gasteiger partial charge in [0.15, 0.2) is 0 Å². The fraction of sp³-hybridized carbons (Fsp3) is 0.533. The van der Waals surface area contributed by atoms with Crippen LogP contribution in [0.5, 0.6) is 0 Å². The molecule has 1 fully saturated rings. The zero-order valence-electron chi connectivity index (χ0n) is 13.1. The summed E-state index contributed by atoms with van der Waals surface area (Å²) < 4.78 is 32.3. The molecule has 6 nitrogen and oxygen atoms in total. The second kappa shape index (κ2) is 7.61. The summed E-state index contributed by atoms with van der Waals surface area (Å²) in [4.78, 5) is 12.3. The molecule has 0 aliphatic carbocycles. The molecule has 128 valence electrons. The van der Waals surface area contributed by atoms with Crippen molar-refractivity contribution in [2.24, 2.45) is 0 Å². The van der Waals surface area contributed by atoms with Gasteiger partial charge in [-0.3, -0.25) is 4.79 Å². The van der Waals surface area contributed by atoms with E-state index in [4.69, 9.17) is 16.3 Å². The van der Waals surface area contributed by atoms with E-state index in [9.17, 15) is 13.2 Å². The number of amides is 1. The van der Waals surface area contributed by atoms with Crippen LogP contribution in [0.1, 0.15) is 37.0 Å². The average Bonchev–Trinajstić information content (AvgIpc) is 2.97. The molecule has 0 aromatic heterocycles. The lowest BCUT2D eigenvalue weighted by molar-refractivity contribution is 0.0857. The Morgan fingerprint density at radius 2 is 2.17 bits per heavy atom. The van der Waals surface area contributed by atoms with E-state index in [2.05, 4.69) is 10.0 Å². The van der Waals surface area contributed by atoms with Crippen molar-refractivity contribution in [3.63, 3.8) is 0 Å². The molecule has 0 bridgehead atoms. The molecule has 1 aromatic rings. The molecular weight excluding hydrogens is 340 g/mol. The number of halogens is 1. The predicted molar refractivity (Wildman–Crippen MR) is 88.2 cm³/mol. The van der Waals surface area contributed by atoms with Crippen molar-refractivity contribution in [1.82, 2.24) is 10.0 Å². The minimum absolute atomic E-state index is 0.00671. The molecule has 8 heteroatoms. The van der Waals surface area contributed by atoms with Crippen LogP contribution in [0.2, 0.25) is 5.02 Å². The fourth-order valence-corrected chi connectivity index (χ4v) is 3.81. The monoisotopic (exact) mass is 360 g/mol. The summed E-state index contributed by atoms with van der Waals surface area (Å²) in [5, 5.41) is 2.94. The van der Waals surface area contributed by atoms with Gasteiger partial charge in [0, 0.05) is 19.2 Å². The van der Waals surface area contributed by atoms with Crippen LogP contribution in [0, 0.1) is 0 Å². The summed E-state index contributed by atoms with van der Waals surface area (Å²) >= 11 is 6.03. The highest BCUT2D eigenvalue weighted by Gasteiger charge is 2.21. The molecule has 0 saturated carbocycles. The largest absolute Gasteiger partial charge is 0.376 e. The van der Waals surface area contributed by atoms with E-state index in [-0.39, 0.29) is 27.6 Å². The van der Waals surface area contributed by atoms with Crippen molar-refractivity contribution < 1.29 is 17.9 Å². The Hall–Kier alpha value is -1.15. The molecule has 0 spiro atoms. The lowest BCUT2D eigenvalue weighted by Crippen LogP contribution is -2.33. The van der Waals surface area contributed by atoms with E-state index < -0.39 is 15.9 Å². The minimum Gasteiger partial charge on any atom is -0.376 e. The van der Waals surface area contributed by atoms with Crippen LogP contribution in [0.25, 0.3) is 0 Å². The van der Waals surface area contributed by atoms with E-state index in [0.29, 0.717) is 13.2 Å².